The Labute approximate surface area is 272 Å². The molecule has 0 fully saturated rings. The summed E-state index contributed by atoms with van der Waals surface area (Å²) in [6, 6.07) is 0. The minimum atomic E-state index is -1.92. The first kappa shape index (κ1) is 42.5. The molecule has 0 bridgehead atoms. The van der Waals surface area contributed by atoms with Crippen molar-refractivity contribution in [1.82, 2.24) is 0 Å². The number of carboxylic acids is 2. The fourth-order valence-corrected chi connectivity index (χ4v) is 5.40. The second kappa shape index (κ2) is 21.3. The molecule has 0 aliphatic carbocycles. The van der Waals surface area contributed by atoms with Crippen LogP contribution in [0, 0.1) is 23.7 Å². The number of aliphatic hydroxyl groups is 3. The fraction of sp³-hybridized carbons (Fsp3) is 0.727. The molecular formula is C33H54O11S. The van der Waals surface area contributed by atoms with Gasteiger partial charge in [0.25, 0.3) is 0 Å². The van der Waals surface area contributed by atoms with Crippen LogP contribution in [0.4, 0.5) is 0 Å². The molecule has 258 valence electrons. The van der Waals surface area contributed by atoms with Gasteiger partial charge >= 0.3 is 17.9 Å². The van der Waals surface area contributed by atoms with E-state index in [1.54, 1.807) is 19.9 Å². The number of aliphatic carboxylic acids is 2. The van der Waals surface area contributed by atoms with Crippen molar-refractivity contribution >= 4 is 42.1 Å². The number of esters is 1. The minimum absolute atomic E-state index is 0.109. The third-order valence-corrected chi connectivity index (χ3v) is 8.59. The number of hydrogen-bond donors (Lipinski definition) is 6. The molecule has 8 atom stereocenters. The molecule has 0 amide bonds. The summed E-state index contributed by atoms with van der Waals surface area (Å²) in [6.07, 6.45) is -0.425. The Morgan fingerprint density at radius 2 is 1.42 bits per heavy atom. The average molecular weight is 659 g/mol. The number of ether oxygens (including phenoxy) is 1. The highest BCUT2D eigenvalue weighted by molar-refractivity contribution is 7.80. The summed E-state index contributed by atoms with van der Waals surface area (Å²) in [5.41, 5.74) is -0.361. The maximum absolute atomic E-state index is 12.8. The van der Waals surface area contributed by atoms with E-state index in [1.807, 2.05) is 20.8 Å². The van der Waals surface area contributed by atoms with Gasteiger partial charge in [0.1, 0.15) is 11.9 Å². The van der Waals surface area contributed by atoms with Crippen molar-refractivity contribution in [3.8, 4) is 0 Å². The lowest BCUT2D eigenvalue weighted by atomic mass is 9.85. The summed E-state index contributed by atoms with van der Waals surface area (Å²) in [7, 11) is 0. The topological polar surface area (TPSA) is 196 Å². The lowest BCUT2D eigenvalue weighted by Crippen LogP contribution is -2.36. The van der Waals surface area contributed by atoms with Crippen LogP contribution in [0.2, 0.25) is 0 Å². The van der Waals surface area contributed by atoms with Gasteiger partial charge < -0.3 is 30.3 Å². The predicted octanol–water partition coefficient (Wildman–Crippen LogP) is 4.17. The van der Waals surface area contributed by atoms with Gasteiger partial charge in [-0.2, -0.15) is 12.6 Å². The van der Waals surface area contributed by atoms with Crippen molar-refractivity contribution in [2.24, 2.45) is 23.7 Å². The minimum Gasteiger partial charge on any atom is -0.478 e. The maximum Gasteiger partial charge on any atom is 0.334 e. The fourth-order valence-electron chi connectivity index (χ4n) is 5.11. The van der Waals surface area contributed by atoms with Crippen molar-refractivity contribution < 1.29 is 54.2 Å². The monoisotopic (exact) mass is 658 g/mol. The van der Waals surface area contributed by atoms with E-state index in [2.05, 4.69) is 12.6 Å². The molecule has 12 heteroatoms. The second-order valence-electron chi connectivity index (χ2n) is 12.3. The number of hydrogen-bond acceptors (Lipinski definition) is 10. The van der Waals surface area contributed by atoms with Crippen molar-refractivity contribution in [3.05, 3.63) is 22.8 Å². The van der Waals surface area contributed by atoms with Crippen molar-refractivity contribution in [3.63, 3.8) is 0 Å². The average Bonchev–Trinajstić information content (AvgIpc) is 2.93. The van der Waals surface area contributed by atoms with Crippen LogP contribution >= 0.6 is 12.6 Å². The molecule has 0 aliphatic rings. The van der Waals surface area contributed by atoms with Gasteiger partial charge in [-0.3, -0.25) is 14.4 Å². The van der Waals surface area contributed by atoms with E-state index in [0.717, 1.165) is 31.8 Å². The molecule has 0 saturated carbocycles. The molecular weight excluding hydrogens is 604 g/mol. The van der Waals surface area contributed by atoms with Crippen LogP contribution in [0.3, 0.4) is 0 Å². The van der Waals surface area contributed by atoms with E-state index >= 15 is 0 Å². The lowest BCUT2D eigenvalue weighted by molar-refractivity contribution is -0.154. The highest BCUT2D eigenvalue weighted by Gasteiger charge is 2.31. The van der Waals surface area contributed by atoms with Crippen LogP contribution in [0.25, 0.3) is 0 Å². The molecule has 45 heavy (non-hydrogen) atoms. The molecule has 0 aromatic heterocycles. The number of carbonyl (C=O) groups is 5. The van der Waals surface area contributed by atoms with Gasteiger partial charge in [0.2, 0.25) is 0 Å². The molecule has 11 nitrogen and oxygen atoms in total. The molecule has 0 heterocycles. The van der Waals surface area contributed by atoms with Gasteiger partial charge in [-0.15, -0.1) is 0 Å². The Balaban J connectivity index is 4.85. The predicted molar refractivity (Wildman–Crippen MR) is 173 cm³/mol. The van der Waals surface area contributed by atoms with Crippen LogP contribution in [0.5, 0.6) is 0 Å². The van der Waals surface area contributed by atoms with Crippen molar-refractivity contribution in [2.45, 2.75) is 124 Å². The molecule has 0 saturated heterocycles. The maximum atomic E-state index is 12.8. The van der Waals surface area contributed by atoms with E-state index in [9.17, 15) is 44.4 Å². The summed E-state index contributed by atoms with van der Waals surface area (Å²) in [5.74, 6) is -4.85. The summed E-state index contributed by atoms with van der Waals surface area (Å²) >= 11 is 4.23. The normalized spacial score (nSPS) is 18.0. The van der Waals surface area contributed by atoms with Gasteiger partial charge in [0.05, 0.1) is 30.3 Å². The summed E-state index contributed by atoms with van der Waals surface area (Å²) < 4.78 is 5.21. The third kappa shape index (κ3) is 16.0. The first-order chi connectivity index (χ1) is 20.9. The zero-order valence-corrected chi connectivity index (χ0v) is 28.6. The molecule has 0 spiro atoms. The second-order valence-corrected chi connectivity index (χ2v) is 12.8. The molecule has 5 N–H and O–H groups in total. The Bertz CT molecular complexity index is 1070. The quantitative estimate of drug-likeness (QED) is 0.0524. The SMILES string of the molecule is CC/C(=C\C(=O)C[C@H](C)C[C@@H](C)CC[C@H](O)[C@H](C)C(=O)C[C@@H](O)[C@H](C)[C@@H](C)OC(=O)C[C@@H](O)/C(C(=O)O)=C(\C)C(=O)O)CCS. The van der Waals surface area contributed by atoms with Gasteiger partial charge in [-0.25, -0.2) is 9.59 Å². The van der Waals surface area contributed by atoms with Crippen LogP contribution < -0.4 is 0 Å². The lowest BCUT2D eigenvalue weighted by Gasteiger charge is -2.27. The van der Waals surface area contributed by atoms with Gasteiger partial charge in [0, 0.05) is 30.3 Å². The van der Waals surface area contributed by atoms with Gasteiger partial charge in [0.15, 0.2) is 5.78 Å². The zero-order valence-electron chi connectivity index (χ0n) is 27.7. The number of carbonyl (C=O) groups excluding carboxylic acids is 3. The smallest absolute Gasteiger partial charge is 0.334 e. The molecule has 0 aliphatic heterocycles. The summed E-state index contributed by atoms with van der Waals surface area (Å²) in [6.45, 7) is 11.7. The Hall–Kier alpha value is -2.54. The Morgan fingerprint density at radius 3 is 1.93 bits per heavy atom. The zero-order chi connectivity index (χ0) is 35.0. The summed E-state index contributed by atoms with van der Waals surface area (Å²) in [4.78, 5) is 60.0. The number of ketones is 2. The third-order valence-electron chi connectivity index (χ3n) is 8.37. The number of rotatable bonds is 23. The first-order valence-electron chi connectivity index (χ1n) is 15.6. The Kier molecular flexibility index (Phi) is 20.1. The molecule has 0 unspecified atom stereocenters. The molecule has 0 radical (unpaired) electrons. The van der Waals surface area contributed by atoms with Crippen LogP contribution in [0.1, 0.15) is 99.8 Å². The number of thiol groups is 1. The van der Waals surface area contributed by atoms with Gasteiger partial charge in [-0.05, 0) is 69.6 Å². The summed E-state index contributed by atoms with van der Waals surface area (Å²) in [5, 5.41) is 49.7. The van der Waals surface area contributed by atoms with E-state index in [1.165, 1.54) is 6.92 Å². The standard InChI is InChI=1S/C33H54O11S/c1-8-24(11-12-45)15-25(34)14-19(3)13-18(2)9-10-26(35)21(5)28(37)16-27(36)20(4)23(7)44-30(39)17-29(38)31(33(42)43)22(6)32(40)41/h15,18-21,23,26-27,29,35-36,38,45H,8-14,16-17H2,1-7H3,(H,40,41)(H,42,43)/b24-15+,31-22-/t18-,19+,20+,21-,23+,26-,27+,29+/m0/s1. The number of carboxylic acid groups (broad SMARTS) is 2. The highest BCUT2D eigenvalue weighted by atomic mass is 32.1. The van der Waals surface area contributed by atoms with Crippen molar-refractivity contribution in [1.29, 1.82) is 0 Å². The Morgan fingerprint density at radius 1 is 0.822 bits per heavy atom. The van der Waals surface area contributed by atoms with Crippen molar-refractivity contribution in [2.75, 3.05) is 5.75 Å². The highest BCUT2D eigenvalue weighted by Crippen LogP contribution is 2.25. The van der Waals surface area contributed by atoms with Crippen LogP contribution in [-0.4, -0.2) is 85.2 Å². The first-order valence-corrected chi connectivity index (χ1v) is 16.3. The number of Topliss-reactive ketones (excluding diaryl/α,β-unsaturated/α-hetero) is 1. The van der Waals surface area contributed by atoms with E-state index in [0.29, 0.717) is 25.0 Å². The molecule has 0 aromatic carbocycles. The molecule has 0 rings (SSSR count). The van der Waals surface area contributed by atoms with E-state index in [4.69, 9.17) is 9.84 Å². The van der Waals surface area contributed by atoms with Gasteiger partial charge in [-0.1, -0.05) is 40.2 Å². The van der Waals surface area contributed by atoms with E-state index < -0.39 is 71.7 Å². The molecule has 0 aromatic rings. The number of aliphatic hydroxyl groups excluding tert-OH is 3. The number of allylic oxidation sites excluding steroid dienone is 2. The van der Waals surface area contributed by atoms with E-state index in [-0.39, 0.29) is 29.8 Å². The van der Waals surface area contributed by atoms with Crippen LogP contribution in [0.15, 0.2) is 22.8 Å². The van der Waals surface area contributed by atoms with Crippen LogP contribution in [-0.2, 0) is 28.7 Å². The largest absolute Gasteiger partial charge is 0.478 e.